The summed E-state index contributed by atoms with van der Waals surface area (Å²) < 4.78 is 10.3. The van der Waals surface area contributed by atoms with Gasteiger partial charge in [0.1, 0.15) is 6.61 Å². The van der Waals surface area contributed by atoms with Gasteiger partial charge in [-0.05, 0) is 33.2 Å². The highest BCUT2D eigenvalue weighted by molar-refractivity contribution is 6.02. The van der Waals surface area contributed by atoms with Crippen molar-refractivity contribution in [2.75, 3.05) is 26.3 Å². The van der Waals surface area contributed by atoms with E-state index in [1.54, 1.807) is 6.08 Å². The van der Waals surface area contributed by atoms with Gasteiger partial charge in [0.2, 0.25) is 0 Å². The third-order valence-corrected chi connectivity index (χ3v) is 4.24. The molecule has 0 saturated carbocycles. The van der Waals surface area contributed by atoms with Crippen molar-refractivity contribution in [1.82, 2.24) is 5.32 Å². The lowest BCUT2D eigenvalue weighted by molar-refractivity contribution is 0.0570. The van der Waals surface area contributed by atoms with Gasteiger partial charge in [-0.15, -0.1) is 6.58 Å². The molecular formula is C22H23NO3. The molecule has 0 aliphatic rings. The second-order valence-electron chi connectivity index (χ2n) is 5.99. The van der Waals surface area contributed by atoms with Crippen molar-refractivity contribution in [1.29, 1.82) is 0 Å². The lowest BCUT2D eigenvalue weighted by Crippen LogP contribution is -2.22. The highest BCUT2D eigenvalue weighted by Crippen LogP contribution is 2.28. The van der Waals surface area contributed by atoms with E-state index in [4.69, 9.17) is 9.47 Å². The molecule has 0 unspecified atom stereocenters. The second kappa shape index (κ2) is 9.02. The molecule has 0 aliphatic heterocycles. The lowest BCUT2D eigenvalue weighted by Gasteiger charge is -2.12. The highest BCUT2D eigenvalue weighted by atomic mass is 16.7. The summed E-state index contributed by atoms with van der Waals surface area (Å²) in [6.07, 6.45) is 1.77. The zero-order chi connectivity index (χ0) is 18.2. The van der Waals surface area contributed by atoms with Crippen LogP contribution in [0.15, 0.2) is 67.3 Å². The first-order valence-electron chi connectivity index (χ1n) is 8.80. The molecule has 3 aromatic carbocycles. The average Bonchev–Trinajstić information content (AvgIpc) is 2.67. The lowest BCUT2D eigenvalue weighted by atomic mass is 9.95. The Morgan fingerprint density at radius 2 is 1.58 bits per heavy atom. The Morgan fingerprint density at radius 1 is 0.962 bits per heavy atom. The number of fused-ring (bicyclic) bond motifs is 2. The molecule has 0 saturated heterocycles. The third kappa shape index (κ3) is 4.41. The van der Waals surface area contributed by atoms with Gasteiger partial charge in [0.15, 0.2) is 0 Å². The van der Waals surface area contributed by atoms with Crippen LogP contribution in [0.25, 0.3) is 21.5 Å². The summed E-state index contributed by atoms with van der Waals surface area (Å²) in [5.41, 5.74) is 1.19. The Hall–Kier alpha value is -2.85. The van der Waals surface area contributed by atoms with E-state index in [0.717, 1.165) is 0 Å². The number of hydrogen-bond acceptors (Lipinski definition) is 4. The standard InChI is InChI=1S/C22H23NO3/c1-2-12-23-13-15-26-22(24)25-14-11-21-19-9-5-3-7-17(19)16-18-8-4-6-10-20(18)21/h2-10,16,23H,1,11-15H2. The molecule has 0 amide bonds. The van der Waals surface area contributed by atoms with Crippen molar-refractivity contribution in [2.45, 2.75) is 6.42 Å². The van der Waals surface area contributed by atoms with Crippen LogP contribution in [0.3, 0.4) is 0 Å². The summed E-state index contributed by atoms with van der Waals surface area (Å²) in [5.74, 6) is 0. The fourth-order valence-electron chi connectivity index (χ4n) is 3.07. The molecular weight excluding hydrogens is 326 g/mol. The zero-order valence-corrected chi connectivity index (χ0v) is 14.7. The number of benzene rings is 3. The Morgan fingerprint density at radius 3 is 2.23 bits per heavy atom. The normalized spacial score (nSPS) is 10.8. The van der Waals surface area contributed by atoms with Crippen molar-refractivity contribution in [3.05, 3.63) is 72.8 Å². The van der Waals surface area contributed by atoms with Crippen LogP contribution in [-0.2, 0) is 15.9 Å². The van der Waals surface area contributed by atoms with Gasteiger partial charge in [-0.25, -0.2) is 4.79 Å². The number of hydrogen-bond donors (Lipinski definition) is 1. The van der Waals surface area contributed by atoms with Crippen LogP contribution < -0.4 is 5.32 Å². The maximum absolute atomic E-state index is 11.7. The van der Waals surface area contributed by atoms with Gasteiger partial charge in [-0.3, -0.25) is 0 Å². The molecule has 3 rings (SSSR count). The van der Waals surface area contributed by atoms with E-state index < -0.39 is 6.16 Å². The van der Waals surface area contributed by atoms with E-state index in [1.165, 1.54) is 27.1 Å². The molecule has 4 heteroatoms. The van der Waals surface area contributed by atoms with Gasteiger partial charge in [0.05, 0.1) is 6.61 Å². The van der Waals surface area contributed by atoms with Crippen LogP contribution in [0.5, 0.6) is 0 Å². The Balaban J connectivity index is 1.64. The van der Waals surface area contributed by atoms with E-state index in [-0.39, 0.29) is 13.2 Å². The number of ether oxygens (including phenoxy) is 2. The molecule has 134 valence electrons. The average molecular weight is 349 g/mol. The molecule has 0 heterocycles. The van der Waals surface area contributed by atoms with Gasteiger partial charge in [0.25, 0.3) is 0 Å². The van der Waals surface area contributed by atoms with Crippen LogP contribution in [0.4, 0.5) is 4.79 Å². The first-order valence-corrected chi connectivity index (χ1v) is 8.80. The second-order valence-corrected chi connectivity index (χ2v) is 5.99. The van der Waals surface area contributed by atoms with Crippen LogP contribution in [0.2, 0.25) is 0 Å². The molecule has 4 nitrogen and oxygen atoms in total. The predicted octanol–water partition coefficient (Wildman–Crippen LogP) is 4.46. The monoisotopic (exact) mass is 349 g/mol. The highest BCUT2D eigenvalue weighted by Gasteiger charge is 2.09. The first-order chi connectivity index (χ1) is 12.8. The van der Waals surface area contributed by atoms with Gasteiger partial charge in [-0.2, -0.15) is 0 Å². The van der Waals surface area contributed by atoms with Crippen LogP contribution in [0, 0.1) is 0 Å². The smallest absolute Gasteiger partial charge is 0.434 e. The Bertz CT molecular complexity index is 850. The van der Waals surface area contributed by atoms with E-state index in [9.17, 15) is 4.79 Å². The molecule has 0 atom stereocenters. The number of carbonyl (C=O) groups is 1. The maximum atomic E-state index is 11.7. The van der Waals surface area contributed by atoms with E-state index in [0.29, 0.717) is 19.5 Å². The Kier molecular flexibility index (Phi) is 6.23. The molecule has 0 aliphatic carbocycles. The van der Waals surface area contributed by atoms with Crippen molar-refractivity contribution in [3.63, 3.8) is 0 Å². The first kappa shape index (κ1) is 18.0. The zero-order valence-electron chi connectivity index (χ0n) is 14.7. The summed E-state index contributed by atoms with van der Waals surface area (Å²) in [5, 5.41) is 7.83. The summed E-state index contributed by atoms with van der Waals surface area (Å²) >= 11 is 0. The Labute approximate surface area is 153 Å². The minimum absolute atomic E-state index is 0.282. The molecule has 0 radical (unpaired) electrons. The quantitative estimate of drug-likeness (QED) is 0.282. The minimum Gasteiger partial charge on any atom is -0.434 e. The fourth-order valence-corrected chi connectivity index (χ4v) is 3.07. The molecule has 0 fully saturated rings. The largest absolute Gasteiger partial charge is 0.508 e. The molecule has 0 bridgehead atoms. The summed E-state index contributed by atoms with van der Waals surface area (Å²) in [4.78, 5) is 11.7. The predicted molar refractivity (Wildman–Crippen MR) is 106 cm³/mol. The summed E-state index contributed by atoms with van der Waals surface area (Å²) in [6, 6.07) is 18.8. The number of nitrogens with one attached hydrogen (secondary N) is 1. The number of carbonyl (C=O) groups excluding carboxylic acids is 1. The van der Waals surface area contributed by atoms with Gasteiger partial charge < -0.3 is 14.8 Å². The SMILES string of the molecule is C=CCNCCOC(=O)OCCc1c2ccccc2cc2ccccc12. The molecule has 3 aromatic rings. The molecule has 0 spiro atoms. The fraction of sp³-hybridized carbons (Fsp3) is 0.227. The molecule has 1 N–H and O–H groups in total. The maximum Gasteiger partial charge on any atom is 0.508 e. The molecule has 26 heavy (non-hydrogen) atoms. The van der Waals surface area contributed by atoms with Crippen molar-refractivity contribution < 1.29 is 14.3 Å². The van der Waals surface area contributed by atoms with Crippen LogP contribution >= 0.6 is 0 Å². The van der Waals surface area contributed by atoms with Gasteiger partial charge in [0, 0.05) is 19.5 Å². The van der Waals surface area contributed by atoms with Crippen molar-refractivity contribution >= 4 is 27.7 Å². The van der Waals surface area contributed by atoms with Gasteiger partial charge in [-0.1, -0.05) is 54.6 Å². The van der Waals surface area contributed by atoms with E-state index in [1.807, 2.05) is 24.3 Å². The summed E-state index contributed by atoms with van der Waals surface area (Å²) in [6.45, 7) is 5.45. The molecule has 0 aromatic heterocycles. The topological polar surface area (TPSA) is 47.6 Å². The van der Waals surface area contributed by atoms with Crippen LogP contribution in [-0.4, -0.2) is 32.5 Å². The van der Waals surface area contributed by atoms with Gasteiger partial charge >= 0.3 is 6.16 Å². The van der Waals surface area contributed by atoms with Crippen LogP contribution in [0.1, 0.15) is 5.56 Å². The van der Waals surface area contributed by atoms with Crippen molar-refractivity contribution in [3.8, 4) is 0 Å². The van der Waals surface area contributed by atoms with E-state index >= 15 is 0 Å². The number of rotatable bonds is 8. The summed E-state index contributed by atoms with van der Waals surface area (Å²) in [7, 11) is 0. The van der Waals surface area contributed by atoms with E-state index in [2.05, 4.69) is 42.2 Å². The van der Waals surface area contributed by atoms with Crippen molar-refractivity contribution in [2.24, 2.45) is 0 Å². The third-order valence-electron chi connectivity index (χ3n) is 4.24. The minimum atomic E-state index is -0.630.